The highest BCUT2D eigenvalue weighted by molar-refractivity contribution is 6.30. The monoisotopic (exact) mass is 255 g/mol. The Bertz CT molecular complexity index is 746. The molecule has 0 bridgehead atoms. The third-order valence-corrected chi connectivity index (χ3v) is 3.23. The van der Waals surface area contributed by atoms with Crippen LogP contribution in [0.2, 0.25) is 5.02 Å². The van der Waals surface area contributed by atoms with Gasteiger partial charge in [0.15, 0.2) is 5.36 Å². The van der Waals surface area contributed by atoms with Crippen molar-refractivity contribution in [1.82, 2.24) is 0 Å². The van der Waals surface area contributed by atoms with Crippen molar-refractivity contribution in [1.29, 1.82) is 0 Å². The normalized spacial score (nSPS) is 15.7. The van der Waals surface area contributed by atoms with Crippen LogP contribution in [0.15, 0.2) is 53.5 Å². The molecule has 2 aromatic rings. The van der Waals surface area contributed by atoms with Gasteiger partial charge in [-0.3, -0.25) is 4.99 Å². The van der Waals surface area contributed by atoms with Gasteiger partial charge in [-0.25, -0.2) is 0 Å². The largest absolute Gasteiger partial charge is 0.325 e. The molecule has 2 aromatic carbocycles. The van der Waals surface area contributed by atoms with Crippen molar-refractivity contribution >= 4 is 23.0 Å². The molecule has 2 nitrogen and oxygen atoms in total. The molecule has 0 unspecified atom stereocenters. The van der Waals surface area contributed by atoms with E-state index in [1.165, 1.54) is 0 Å². The van der Waals surface area contributed by atoms with E-state index in [0.717, 1.165) is 32.6 Å². The zero-order valence-corrected chi connectivity index (χ0v) is 10.7. The lowest BCUT2D eigenvalue weighted by molar-refractivity contribution is -0.419. The van der Waals surface area contributed by atoms with E-state index < -0.39 is 0 Å². The highest BCUT2D eigenvalue weighted by atomic mass is 35.5. The van der Waals surface area contributed by atoms with Crippen molar-refractivity contribution in [2.24, 2.45) is 4.99 Å². The molecule has 0 fully saturated rings. The van der Waals surface area contributed by atoms with Gasteiger partial charge >= 0.3 is 5.84 Å². The second-order valence-corrected chi connectivity index (χ2v) is 4.55. The molecule has 0 saturated carbocycles. The minimum Gasteiger partial charge on any atom is -0.273 e. The Kier molecular flexibility index (Phi) is 2.73. The predicted molar refractivity (Wildman–Crippen MR) is 73.1 cm³/mol. The quantitative estimate of drug-likeness (QED) is 0.758. The molecule has 88 valence electrons. The van der Waals surface area contributed by atoms with Gasteiger partial charge in [-0.1, -0.05) is 41.9 Å². The van der Waals surface area contributed by atoms with Gasteiger partial charge in [0.1, 0.15) is 0 Å². The summed E-state index contributed by atoms with van der Waals surface area (Å²) in [5.41, 5.74) is 2.25. The highest BCUT2D eigenvalue weighted by Gasteiger charge is 2.23. The van der Waals surface area contributed by atoms with Crippen LogP contribution >= 0.6 is 11.6 Å². The number of hydrogen-bond acceptors (Lipinski definition) is 0. The number of fused-ring (bicyclic) bond motifs is 1. The zero-order chi connectivity index (χ0) is 12.5. The summed E-state index contributed by atoms with van der Waals surface area (Å²) in [6.45, 7) is 0. The molecule has 0 aliphatic carbocycles. The zero-order valence-electron chi connectivity index (χ0n) is 9.94. The number of benzene rings is 2. The maximum atomic E-state index is 6.08. The fourth-order valence-corrected chi connectivity index (χ4v) is 2.36. The molecule has 18 heavy (non-hydrogen) atoms. The Morgan fingerprint density at radius 1 is 1.06 bits per heavy atom. The van der Waals surface area contributed by atoms with Crippen molar-refractivity contribution in [2.45, 2.75) is 0 Å². The third-order valence-electron chi connectivity index (χ3n) is 3.00. The van der Waals surface area contributed by atoms with Crippen molar-refractivity contribution < 1.29 is 4.99 Å². The molecular weight excluding hydrogens is 244 g/mol. The van der Waals surface area contributed by atoms with Gasteiger partial charge in [0, 0.05) is 10.2 Å². The summed E-state index contributed by atoms with van der Waals surface area (Å²) < 4.78 is 0. The van der Waals surface area contributed by atoms with Gasteiger partial charge in [0.25, 0.3) is 0 Å². The fraction of sp³-hybridized carbons (Fsp3) is 0.0667. The first-order valence-corrected chi connectivity index (χ1v) is 6.16. The van der Waals surface area contributed by atoms with E-state index in [2.05, 4.69) is 22.1 Å². The topological polar surface area (TPSA) is 26.3 Å². The summed E-state index contributed by atoms with van der Waals surface area (Å²) in [5.74, 6) is 0.887. The van der Waals surface area contributed by atoms with E-state index >= 15 is 0 Å². The van der Waals surface area contributed by atoms with Crippen LogP contribution in [0.1, 0.15) is 5.56 Å². The minimum absolute atomic E-state index is 0.731. The number of halogens is 1. The van der Waals surface area contributed by atoms with Crippen LogP contribution in [0.4, 0.5) is 0 Å². The van der Waals surface area contributed by atoms with Crippen molar-refractivity contribution in [3.8, 4) is 0 Å². The Balaban J connectivity index is 2.41. The first-order valence-electron chi connectivity index (χ1n) is 5.78. The van der Waals surface area contributed by atoms with E-state index in [4.69, 9.17) is 11.6 Å². The number of nitrogens with one attached hydrogen (secondary N) is 1. The average Bonchev–Trinajstić information content (AvgIpc) is 2.77. The predicted octanol–water partition coefficient (Wildman–Crippen LogP) is 0.281. The van der Waals surface area contributed by atoms with Crippen molar-refractivity contribution in [3.63, 3.8) is 0 Å². The average molecular weight is 256 g/mol. The van der Waals surface area contributed by atoms with Gasteiger partial charge in [-0.15, -0.1) is 0 Å². The summed E-state index contributed by atoms with van der Waals surface area (Å²) in [7, 11) is 1.88. The molecule has 3 rings (SSSR count). The third kappa shape index (κ3) is 1.75. The van der Waals surface area contributed by atoms with Gasteiger partial charge in [0.05, 0.1) is 12.6 Å². The number of nitrogens with zero attached hydrogens (tertiary/aromatic N) is 1. The molecule has 0 amide bonds. The Morgan fingerprint density at radius 2 is 1.83 bits per heavy atom. The Hall–Kier alpha value is -1.93. The molecule has 0 atom stereocenters. The number of rotatable bonds is 1. The summed E-state index contributed by atoms with van der Waals surface area (Å²) in [6, 6.07) is 16.0. The van der Waals surface area contributed by atoms with Crippen LogP contribution in [0.25, 0.3) is 5.57 Å². The highest BCUT2D eigenvalue weighted by Crippen LogP contribution is 2.14. The fourth-order valence-electron chi connectivity index (χ4n) is 2.19. The van der Waals surface area contributed by atoms with Crippen molar-refractivity contribution in [3.05, 3.63) is 69.7 Å². The van der Waals surface area contributed by atoms with Gasteiger partial charge in [-0.2, -0.15) is 0 Å². The molecule has 1 aliphatic rings. The second kappa shape index (κ2) is 4.39. The van der Waals surface area contributed by atoms with E-state index in [0.29, 0.717) is 0 Å². The molecule has 0 radical (unpaired) electrons. The number of amidine groups is 1. The van der Waals surface area contributed by atoms with Gasteiger partial charge in [-0.05, 0) is 28.8 Å². The first kappa shape index (κ1) is 11.2. The van der Waals surface area contributed by atoms with Crippen LogP contribution in [0, 0.1) is 0 Å². The van der Waals surface area contributed by atoms with Crippen molar-refractivity contribution in [2.75, 3.05) is 7.05 Å². The lowest BCUT2D eigenvalue weighted by atomic mass is 10.0. The Morgan fingerprint density at radius 3 is 2.56 bits per heavy atom. The molecule has 0 aromatic heterocycles. The van der Waals surface area contributed by atoms with Crippen LogP contribution in [-0.4, -0.2) is 12.9 Å². The molecule has 1 heterocycles. The second-order valence-electron chi connectivity index (χ2n) is 4.11. The SMILES string of the molecule is C[NH+]=C1N=c2ccc(Cl)cc2=C1c1ccccc1. The van der Waals surface area contributed by atoms with E-state index in [9.17, 15) is 0 Å². The lowest BCUT2D eigenvalue weighted by Crippen LogP contribution is -2.67. The standard InChI is InChI=1S/C15H11ClN2/c1-17-15-14(10-5-3-2-4-6-10)12-9-11(16)7-8-13(12)18-15/h2-9H,1H3/p+1. The maximum Gasteiger partial charge on any atom is 0.325 e. The van der Waals surface area contributed by atoms with E-state index in [-0.39, 0.29) is 0 Å². The van der Waals surface area contributed by atoms with Crippen LogP contribution in [-0.2, 0) is 0 Å². The molecule has 1 aliphatic heterocycles. The molecule has 0 saturated heterocycles. The first-order chi connectivity index (χ1) is 8.79. The summed E-state index contributed by atoms with van der Waals surface area (Å²) in [4.78, 5) is 7.73. The molecule has 3 heteroatoms. The van der Waals surface area contributed by atoms with E-state index in [1.807, 2.05) is 43.4 Å². The molecule has 0 spiro atoms. The summed E-state index contributed by atoms with van der Waals surface area (Å²) in [5, 5.41) is 2.77. The summed E-state index contributed by atoms with van der Waals surface area (Å²) in [6.07, 6.45) is 0. The smallest absolute Gasteiger partial charge is 0.273 e. The minimum atomic E-state index is 0.731. The number of hydrogen-bond donors (Lipinski definition) is 1. The van der Waals surface area contributed by atoms with Crippen LogP contribution < -0.4 is 15.6 Å². The lowest BCUT2D eigenvalue weighted by Gasteiger charge is -1.98. The maximum absolute atomic E-state index is 6.08. The van der Waals surface area contributed by atoms with E-state index in [1.54, 1.807) is 0 Å². The van der Waals surface area contributed by atoms with Crippen LogP contribution in [0.5, 0.6) is 0 Å². The Labute approximate surface area is 110 Å². The molecule has 1 N–H and O–H groups in total. The molecular formula is C15H12ClN2+. The summed E-state index contributed by atoms with van der Waals surface area (Å²) >= 11 is 6.08. The van der Waals surface area contributed by atoms with Gasteiger partial charge < -0.3 is 0 Å². The van der Waals surface area contributed by atoms with Crippen LogP contribution in [0.3, 0.4) is 0 Å². The van der Waals surface area contributed by atoms with Gasteiger partial charge in [0.2, 0.25) is 0 Å².